The Kier molecular flexibility index (Phi) is 4.53. The standard InChI is InChI=1S/C16H17ClO3/c1-10-4-6-11(7-5-10)15(18)12-8-13(17)16(20-3)14(9-12)19-2/h4-9,15,18H,1-3H3. The van der Waals surface area contributed by atoms with Crippen LogP contribution >= 0.6 is 11.6 Å². The van der Waals surface area contributed by atoms with Crippen molar-refractivity contribution < 1.29 is 14.6 Å². The number of aryl methyl sites for hydroxylation is 1. The van der Waals surface area contributed by atoms with Gasteiger partial charge in [0.2, 0.25) is 0 Å². The minimum absolute atomic E-state index is 0.410. The van der Waals surface area contributed by atoms with Gasteiger partial charge in [-0.15, -0.1) is 0 Å². The van der Waals surface area contributed by atoms with Crippen LogP contribution < -0.4 is 9.47 Å². The van der Waals surface area contributed by atoms with Crippen LogP contribution in [-0.4, -0.2) is 19.3 Å². The fourth-order valence-corrected chi connectivity index (χ4v) is 2.33. The van der Waals surface area contributed by atoms with E-state index in [-0.39, 0.29) is 0 Å². The van der Waals surface area contributed by atoms with Crippen LogP contribution in [0, 0.1) is 6.92 Å². The first kappa shape index (κ1) is 14.7. The highest BCUT2D eigenvalue weighted by Crippen LogP contribution is 2.38. The summed E-state index contributed by atoms with van der Waals surface area (Å²) < 4.78 is 10.4. The predicted octanol–water partition coefficient (Wildman–Crippen LogP) is 3.75. The second-order valence-corrected chi connectivity index (χ2v) is 4.96. The van der Waals surface area contributed by atoms with Crippen LogP contribution in [0.4, 0.5) is 0 Å². The van der Waals surface area contributed by atoms with Crippen LogP contribution in [0.25, 0.3) is 0 Å². The summed E-state index contributed by atoms with van der Waals surface area (Å²) >= 11 is 6.15. The molecule has 0 aliphatic rings. The number of ether oxygens (including phenoxy) is 2. The Labute approximate surface area is 123 Å². The van der Waals surface area contributed by atoms with E-state index in [2.05, 4.69) is 0 Å². The molecule has 3 nitrogen and oxygen atoms in total. The molecule has 0 aliphatic heterocycles. The third-order valence-electron chi connectivity index (χ3n) is 3.16. The van der Waals surface area contributed by atoms with Gasteiger partial charge in [-0.1, -0.05) is 41.4 Å². The Bertz CT molecular complexity index is 593. The maximum Gasteiger partial charge on any atom is 0.179 e. The molecule has 0 spiro atoms. The molecular weight excluding hydrogens is 276 g/mol. The van der Waals surface area contributed by atoms with Gasteiger partial charge in [0.15, 0.2) is 11.5 Å². The molecule has 4 heteroatoms. The third-order valence-corrected chi connectivity index (χ3v) is 3.45. The molecule has 0 amide bonds. The summed E-state index contributed by atoms with van der Waals surface area (Å²) in [6.07, 6.45) is -0.757. The van der Waals surface area contributed by atoms with Crippen molar-refractivity contribution >= 4 is 11.6 Å². The quantitative estimate of drug-likeness (QED) is 0.933. The van der Waals surface area contributed by atoms with Crippen LogP contribution in [0.15, 0.2) is 36.4 Å². The number of benzene rings is 2. The van der Waals surface area contributed by atoms with Gasteiger partial charge in [-0.2, -0.15) is 0 Å². The first-order valence-electron chi connectivity index (χ1n) is 6.23. The van der Waals surface area contributed by atoms with E-state index in [9.17, 15) is 5.11 Å². The summed E-state index contributed by atoms with van der Waals surface area (Å²) in [4.78, 5) is 0. The highest BCUT2D eigenvalue weighted by atomic mass is 35.5. The molecule has 0 saturated heterocycles. The summed E-state index contributed by atoms with van der Waals surface area (Å²) in [5.74, 6) is 0.968. The number of rotatable bonds is 4. The van der Waals surface area contributed by atoms with Crippen LogP contribution in [0.3, 0.4) is 0 Å². The summed E-state index contributed by atoms with van der Waals surface area (Å²) in [5, 5.41) is 10.8. The van der Waals surface area contributed by atoms with Crippen LogP contribution in [0.2, 0.25) is 5.02 Å². The first-order valence-corrected chi connectivity index (χ1v) is 6.60. The van der Waals surface area contributed by atoms with Crippen molar-refractivity contribution in [2.45, 2.75) is 13.0 Å². The van der Waals surface area contributed by atoms with Crippen molar-refractivity contribution in [2.75, 3.05) is 14.2 Å². The fourth-order valence-electron chi connectivity index (χ4n) is 2.04. The van der Waals surface area contributed by atoms with Crippen molar-refractivity contribution in [3.63, 3.8) is 0 Å². The average Bonchev–Trinajstić information content (AvgIpc) is 2.46. The van der Waals surface area contributed by atoms with Crippen molar-refractivity contribution in [3.05, 3.63) is 58.1 Å². The summed E-state index contributed by atoms with van der Waals surface area (Å²) in [5.41, 5.74) is 2.61. The highest BCUT2D eigenvalue weighted by Gasteiger charge is 2.16. The van der Waals surface area contributed by atoms with E-state index in [1.54, 1.807) is 12.1 Å². The Hall–Kier alpha value is -1.71. The fraction of sp³-hybridized carbons (Fsp3) is 0.250. The van der Waals surface area contributed by atoms with E-state index in [0.717, 1.165) is 11.1 Å². The van der Waals surface area contributed by atoms with Gasteiger partial charge < -0.3 is 14.6 Å². The maximum atomic E-state index is 10.4. The molecular formula is C16H17ClO3. The van der Waals surface area contributed by atoms with E-state index in [1.807, 2.05) is 31.2 Å². The molecule has 2 aromatic carbocycles. The lowest BCUT2D eigenvalue weighted by Crippen LogP contribution is -2.01. The first-order chi connectivity index (χ1) is 9.56. The highest BCUT2D eigenvalue weighted by molar-refractivity contribution is 6.32. The molecule has 0 heterocycles. The van der Waals surface area contributed by atoms with Gasteiger partial charge in [-0.25, -0.2) is 0 Å². The molecule has 0 bridgehead atoms. The Morgan fingerprint density at radius 3 is 2.20 bits per heavy atom. The summed E-state index contributed by atoms with van der Waals surface area (Å²) in [7, 11) is 3.07. The molecule has 106 valence electrons. The monoisotopic (exact) mass is 292 g/mol. The number of hydrogen-bond acceptors (Lipinski definition) is 3. The molecule has 0 radical (unpaired) electrons. The van der Waals surface area contributed by atoms with Gasteiger partial charge in [0, 0.05) is 0 Å². The largest absolute Gasteiger partial charge is 0.493 e. The average molecular weight is 293 g/mol. The molecule has 2 aromatic rings. The summed E-state index contributed by atoms with van der Waals surface area (Å²) in [6.45, 7) is 2.00. The molecule has 0 aromatic heterocycles. The van der Waals surface area contributed by atoms with Crippen LogP contribution in [0.5, 0.6) is 11.5 Å². The van der Waals surface area contributed by atoms with Gasteiger partial charge in [0.25, 0.3) is 0 Å². The summed E-state index contributed by atoms with van der Waals surface area (Å²) in [6, 6.07) is 11.1. The van der Waals surface area contributed by atoms with Gasteiger partial charge in [-0.3, -0.25) is 0 Å². The molecule has 20 heavy (non-hydrogen) atoms. The van der Waals surface area contributed by atoms with Gasteiger partial charge in [0.05, 0.1) is 19.2 Å². The third kappa shape index (κ3) is 2.89. The second-order valence-electron chi connectivity index (χ2n) is 4.55. The van der Waals surface area contributed by atoms with E-state index >= 15 is 0 Å². The van der Waals surface area contributed by atoms with Gasteiger partial charge in [-0.05, 0) is 30.2 Å². The molecule has 1 N–H and O–H groups in total. The zero-order valence-corrected chi connectivity index (χ0v) is 12.4. The normalized spacial score (nSPS) is 12.1. The number of aliphatic hydroxyl groups is 1. The zero-order valence-electron chi connectivity index (χ0n) is 11.7. The smallest absolute Gasteiger partial charge is 0.179 e. The topological polar surface area (TPSA) is 38.7 Å². The zero-order chi connectivity index (χ0) is 14.7. The molecule has 1 unspecified atom stereocenters. The predicted molar refractivity (Wildman–Crippen MR) is 79.8 cm³/mol. The maximum absolute atomic E-state index is 10.4. The van der Waals surface area contributed by atoms with Crippen molar-refractivity contribution in [3.8, 4) is 11.5 Å². The van der Waals surface area contributed by atoms with E-state index in [4.69, 9.17) is 21.1 Å². The van der Waals surface area contributed by atoms with Crippen molar-refractivity contribution in [2.24, 2.45) is 0 Å². The van der Waals surface area contributed by atoms with Crippen LogP contribution in [0.1, 0.15) is 22.8 Å². The number of methoxy groups -OCH3 is 2. The molecule has 0 saturated carbocycles. The lowest BCUT2D eigenvalue weighted by Gasteiger charge is -2.16. The van der Waals surface area contributed by atoms with Crippen molar-refractivity contribution in [1.29, 1.82) is 0 Å². The lowest BCUT2D eigenvalue weighted by molar-refractivity contribution is 0.219. The molecule has 0 fully saturated rings. The van der Waals surface area contributed by atoms with E-state index in [0.29, 0.717) is 22.1 Å². The van der Waals surface area contributed by atoms with Gasteiger partial charge in [0.1, 0.15) is 6.10 Å². The minimum atomic E-state index is -0.757. The second kappa shape index (κ2) is 6.16. The molecule has 0 aliphatic carbocycles. The van der Waals surface area contributed by atoms with Crippen molar-refractivity contribution in [1.82, 2.24) is 0 Å². The molecule has 1 atom stereocenters. The number of aliphatic hydroxyl groups excluding tert-OH is 1. The Morgan fingerprint density at radius 2 is 1.65 bits per heavy atom. The SMILES string of the molecule is COc1cc(C(O)c2ccc(C)cc2)cc(Cl)c1OC. The Balaban J connectivity index is 2.42. The minimum Gasteiger partial charge on any atom is -0.493 e. The number of hydrogen-bond donors (Lipinski definition) is 1. The van der Waals surface area contributed by atoms with E-state index in [1.165, 1.54) is 14.2 Å². The van der Waals surface area contributed by atoms with Crippen LogP contribution in [-0.2, 0) is 0 Å². The molecule has 2 rings (SSSR count). The van der Waals surface area contributed by atoms with E-state index < -0.39 is 6.10 Å². The lowest BCUT2D eigenvalue weighted by atomic mass is 10.00. The number of halogens is 1. The van der Waals surface area contributed by atoms with Gasteiger partial charge >= 0.3 is 0 Å². The Morgan fingerprint density at radius 1 is 1.00 bits per heavy atom.